The summed E-state index contributed by atoms with van der Waals surface area (Å²) >= 11 is 0. The van der Waals surface area contributed by atoms with Crippen LogP contribution < -0.4 is 0 Å². The molecule has 0 aliphatic rings. The fraction of sp³-hybridized carbons (Fsp3) is 0. The summed E-state index contributed by atoms with van der Waals surface area (Å²) in [6, 6.07) is 25.0. The van der Waals surface area contributed by atoms with E-state index in [0.717, 1.165) is 5.69 Å². The quantitative estimate of drug-likeness (QED) is 0.490. The molecule has 4 nitrogen and oxygen atoms in total. The summed E-state index contributed by atoms with van der Waals surface area (Å²) < 4.78 is 0. The van der Waals surface area contributed by atoms with Gasteiger partial charge in [-0.2, -0.15) is 10.4 Å². The van der Waals surface area contributed by atoms with E-state index in [1.54, 1.807) is 42.5 Å². The molecule has 0 amide bonds. The van der Waals surface area contributed by atoms with Crippen LogP contribution in [-0.2, 0) is 0 Å². The van der Waals surface area contributed by atoms with Gasteiger partial charge < -0.3 is 0 Å². The Morgan fingerprint density at radius 3 is 2.17 bits per heavy atom. The first-order chi connectivity index (χ1) is 11.8. The van der Waals surface area contributed by atoms with Crippen LogP contribution in [0.25, 0.3) is 0 Å². The topological polar surface area (TPSA) is 65.6 Å². The average Bonchev–Trinajstić information content (AvgIpc) is 2.67. The van der Waals surface area contributed by atoms with Crippen molar-refractivity contribution in [2.24, 2.45) is 10.2 Å². The molecule has 0 heterocycles. The zero-order valence-corrected chi connectivity index (χ0v) is 12.8. The van der Waals surface area contributed by atoms with Crippen LogP contribution in [0.2, 0.25) is 0 Å². The van der Waals surface area contributed by atoms with Crippen LogP contribution >= 0.6 is 0 Å². The zero-order chi connectivity index (χ0) is 16.8. The molecule has 0 spiro atoms. The highest BCUT2D eigenvalue weighted by Crippen LogP contribution is 2.24. The highest BCUT2D eigenvalue weighted by atomic mass is 16.1. The number of rotatable bonds is 4. The van der Waals surface area contributed by atoms with Crippen LogP contribution in [-0.4, -0.2) is 5.78 Å². The molecule has 0 saturated heterocycles. The van der Waals surface area contributed by atoms with E-state index in [1.807, 2.05) is 42.5 Å². The van der Waals surface area contributed by atoms with Gasteiger partial charge in [0.25, 0.3) is 0 Å². The number of hydrogen-bond acceptors (Lipinski definition) is 4. The zero-order valence-electron chi connectivity index (χ0n) is 12.8. The van der Waals surface area contributed by atoms with Crippen molar-refractivity contribution in [1.82, 2.24) is 0 Å². The summed E-state index contributed by atoms with van der Waals surface area (Å²) in [5, 5.41) is 17.2. The highest BCUT2D eigenvalue weighted by Gasteiger charge is 2.13. The molecule has 0 aliphatic heterocycles. The number of carbonyl (C=O) groups excluding carboxylic acids is 1. The van der Waals surface area contributed by atoms with Crippen molar-refractivity contribution in [3.63, 3.8) is 0 Å². The van der Waals surface area contributed by atoms with Gasteiger partial charge in [0, 0.05) is 5.56 Å². The Hall–Kier alpha value is -3.58. The summed E-state index contributed by atoms with van der Waals surface area (Å²) in [7, 11) is 0. The lowest BCUT2D eigenvalue weighted by Gasteiger charge is -2.04. The lowest BCUT2D eigenvalue weighted by Crippen LogP contribution is -2.01. The molecular formula is C20H13N3O. The van der Waals surface area contributed by atoms with Gasteiger partial charge in [-0.05, 0) is 48.5 Å². The van der Waals surface area contributed by atoms with Gasteiger partial charge >= 0.3 is 0 Å². The molecule has 0 unspecified atom stereocenters. The Morgan fingerprint density at radius 1 is 0.792 bits per heavy atom. The molecule has 3 rings (SSSR count). The van der Waals surface area contributed by atoms with E-state index in [-0.39, 0.29) is 5.78 Å². The molecule has 0 N–H and O–H groups in total. The molecule has 3 aromatic rings. The predicted octanol–water partition coefficient (Wildman–Crippen LogP) is 5.20. The minimum absolute atomic E-state index is 0.151. The summed E-state index contributed by atoms with van der Waals surface area (Å²) in [5.74, 6) is -0.151. The maximum atomic E-state index is 12.7. The second-order valence-corrected chi connectivity index (χ2v) is 5.07. The second-order valence-electron chi connectivity index (χ2n) is 5.07. The number of carbonyl (C=O) groups is 1. The van der Waals surface area contributed by atoms with E-state index >= 15 is 0 Å². The van der Waals surface area contributed by atoms with Gasteiger partial charge in [-0.25, -0.2) is 0 Å². The van der Waals surface area contributed by atoms with Gasteiger partial charge in [-0.3, -0.25) is 4.79 Å². The number of nitrogens with zero attached hydrogens (tertiary/aromatic N) is 3. The Morgan fingerprint density at radius 2 is 1.46 bits per heavy atom. The van der Waals surface area contributed by atoms with E-state index < -0.39 is 0 Å². The average molecular weight is 311 g/mol. The minimum Gasteiger partial charge on any atom is -0.289 e. The molecule has 0 bridgehead atoms. The molecule has 0 aromatic heterocycles. The number of ketones is 1. The van der Waals surface area contributed by atoms with Gasteiger partial charge in [0.05, 0.1) is 28.6 Å². The molecule has 114 valence electrons. The van der Waals surface area contributed by atoms with Gasteiger partial charge in [-0.1, -0.05) is 30.3 Å². The van der Waals surface area contributed by atoms with E-state index in [2.05, 4.69) is 10.2 Å². The molecular weight excluding hydrogens is 298 g/mol. The molecule has 0 atom stereocenters. The second kappa shape index (κ2) is 7.12. The van der Waals surface area contributed by atoms with Crippen LogP contribution in [0.1, 0.15) is 21.5 Å². The van der Waals surface area contributed by atoms with E-state index in [0.29, 0.717) is 22.4 Å². The Labute approximate surface area is 139 Å². The Kier molecular flexibility index (Phi) is 4.55. The van der Waals surface area contributed by atoms with Crippen molar-refractivity contribution in [2.45, 2.75) is 0 Å². The summed E-state index contributed by atoms with van der Waals surface area (Å²) in [6.45, 7) is 0. The van der Waals surface area contributed by atoms with Crippen molar-refractivity contribution in [2.75, 3.05) is 0 Å². The first-order valence-electron chi connectivity index (χ1n) is 7.38. The lowest BCUT2D eigenvalue weighted by molar-refractivity contribution is 0.103. The number of azo groups is 1. The van der Waals surface area contributed by atoms with E-state index in [4.69, 9.17) is 5.26 Å². The minimum atomic E-state index is -0.151. The third-order valence-electron chi connectivity index (χ3n) is 3.45. The van der Waals surface area contributed by atoms with Crippen LogP contribution in [0.3, 0.4) is 0 Å². The van der Waals surface area contributed by atoms with E-state index in [1.165, 1.54) is 0 Å². The number of benzene rings is 3. The summed E-state index contributed by atoms with van der Waals surface area (Å²) in [5.41, 5.74) is 2.73. The van der Waals surface area contributed by atoms with Gasteiger partial charge in [0.1, 0.15) is 0 Å². The first-order valence-corrected chi connectivity index (χ1v) is 7.38. The van der Waals surface area contributed by atoms with E-state index in [9.17, 15) is 4.79 Å². The molecule has 0 aliphatic carbocycles. The van der Waals surface area contributed by atoms with Crippen molar-refractivity contribution in [3.05, 3.63) is 95.6 Å². The summed E-state index contributed by atoms with van der Waals surface area (Å²) in [4.78, 5) is 12.7. The third kappa shape index (κ3) is 3.42. The molecule has 4 heteroatoms. The number of hydrogen-bond donors (Lipinski definition) is 0. The molecule has 0 radical (unpaired) electrons. The fourth-order valence-corrected chi connectivity index (χ4v) is 2.21. The lowest BCUT2D eigenvalue weighted by atomic mass is 10.0. The SMILES string of the molecule is N#Cc1ccc(C(=O)c2ccccc2N=Nc2ccccc2)cc1. The summed E-state index contributed by atoms with van der Waals surface area (Å²) in [6.07, 6.45) is 0. The molecule has 3 aromatic carbocycles. The van der Waals surface area contributed by atoms with Crippen molar-refractivity contribution in [3.8, 4) is 6.07 Å². The van der Waals surface area contributed by atoms with Gasteiger partial charge in [0.15, 0.2) is 5.78 Å². The maximum absolute atomic E-state index is 12.7. The van der Waals surface area contributed by atoms with Crippen molar-refractivity contribution >= 4 is 17.2 Å². The Balaban J connectivity index is 1.92. The largest absolute Gasteiger partial charge is 0.289 e. The predicted molar refractivity (Wildman–Crippen MR) is 91.6 cm³/mol. The third-order valence-corrected chi connectivity index (χ3v) is 3.45. The monoisotopic (exact) mass is 311 g/mol. The molecule has 0 saturated carbocycles. The van der Waals surface area contributed by atoms with Gasteiger partial charge in [-0.15, -0.1) is 5.11 Å². The normalized spacial score (nSPS) is 10.5. The smallest absolute Gasteiger partial charge is 0.195 e. The molecule has 0 fully saturated rings. The van der Waals surface area contributed by atoms with Crippen LogP contribution in [0.5, 0.6) is 0 Å². The first kappa shape index (κ1) is 15.3. The molecule has 24 heavy (non-hydrogen) atoms. The number of nitriles is 1. The maximum Gasteiger partial charge on any atom is 0.195 e. The Bertz CT molecular complexity index is 923. The van der Waals surface area contributed by atoms with Crippen LogP contribution in [0.4, 0.5) is 11.4 Å². The van der Waals surface area contributed by atoms with Crippen molar-refractivity contribution in [1.29, 1.82) is 5.26 Å². The van der Waals surface area contributed by atoms with Crippen molar-refractivity contribution < 1.29 is 4.79 Å². The standard InChI is InChI=1S/C20H13N3O/c21-14-15-10-12-16(13-11-15)20(24)18-8-4-5-9-19(18)23-22-17-6-2-1-3-7-17/h1-13H. The van der Waals surface area contributed by atoms with Gasteiger partial charge in [0.2, 0.25) is 0 Å². The van der Waals surface area contributed by atoms with Crippen LogP contribution in [0.15, 0.2) is 89.1 Å². The van der Waals surface area contributed by atoms with Crippen LogP contribution in [0, 0.1) is 11.3 Å². The highest BCUT2D eigenvalue weighted by molar-refractivity contribution is 6.11. The fourth-order valence-electron chi connectivity index (χ4n) is 2.21.